The molecule has 0 aliphatic rings. The second-order valence-electron chi connectivity index (χ2n) is 4.75. The molecule has 1 amide bonds. The van der Waals surface area contributed by atoms with Crippen LogP contribution in [0.25, 0.3) is 0 Å². The van der Waals surface area contributed by atoms with Crippen LogP contribution in [0.1, 0.15) is 13.3 Å². The summed E-state index contributed by atoms with van der Waals surface area (Å²) in [6.45, 7) is 1.33. The van der Waals surface area contributed by atoms with E-state index < -0.39 is 34.0 Å². The van der Waals surface area contributed by atoms with Crippen LogP contribution in [-0.2, 0) is 24.3 Å². The van der Waals surface area contributed by atoms with Gasteiger partial charge in [0.2, 0.25) is 10.0 Å². The Morgan fingerprint density at radius 2 is 1.91 bits per heavy atom. The first-order valence-electron chi connectivity index (χ1n) is 6.84. The number of primary amides is 1. The summed E-state index contributed by atoms with van der Waals surface area (Å²) < 4.78 is 31.8. The Kier molecular flexibility index (Phi) is 7.53. The monoisotopic (exact) mass is 360 g/mol. The lowest BCUT2D eigenvalue weighted by atomic mass is 10.2. The second kappa shape index (κ2) is 8.90. The number of carbonyl (C=O) groups is 2. The molecule has 0 aliphatic heterocycles. The summed E-state index contributed by atoms with van der Waals surface area (Å²) >= 11 is 1.46. The minimum atomic E-state index is -3.87. The zero-order chi connectivity index (χ0) is 17.5. The maximum atomic E-state index is 12.3. The van der Waals surface area contributed by atoms with E-state index in [2.05, 4.69) is 4.72 Å². The highest BCUT2D eigenvalue weighted by molar-refractivity contribution is 7.98. The van der Waals surface area contributed by atoms with Gasteiger partial charge in [-0.05, 0) is 37.5 Å². The number of nitrogens with two attached hydrogens (primary N) is 1. The summed E-state index contributed by atoms with van der Waals surface area (Å²) in [4.78, 5) is 23.1. The molecule has 23 heavy (non-hydrogen) atoms. The average Bonchev–Trinajstić information content (AvgIpc) is 2.51. The quantitative estimate of drug-likeness (QED) is 0.620. The molecule has 0 aliphatic carbocycles. The van der Waals surface area contributed by atoms with E-state index in [9.17, 15) is 18.0 Å². The van der Waals surface area contributed by atoms with Gasteiger partial charge in [-0.3, -0.25) is 9.59 Å². The highest BCUT2D eigenvalue weighted by atomic mass is 32.2. The molecule has 1 rings (SSSR count). The van der Waals surface area contributed by atoms with Gasteiger partial charge >= 0.3 is 5.97 Å². The molecule has 0 saturated heterocycles. The zero-order valence-electron chi connectivity index (χ0n) is 12.9. The van der Waals surface area contributed by atoms with E-state index in [1.54, 1.807) is 18.2 Å². The first-order chi connectivity index (χ1) is 10.8. The second-order valence-corrected chi connectivity index (χ2v) is 7.45. The van der Waals surface area contributed by atoms with Crippen molar-refractivity contribution in [2.45, 2.75) is 30.4 Å². The Labute approximate surface area is 140 Å². The van der Waals surface area contributed by atoms with Crippen LogP contribution >= 0.6 is 11.8 Å². The summed E-state index contributed by atoms with van der Waals surface area (Å²) in [6.07, 6.45) is 0.943. The van der Waals surface area contributed by atoms with Crippen LogP contribution in [-0.4, -0.2) is 44.4 Å². The molecule has 1 aromatic carbocycles. The molecule has 3 N–H and O–H groups in total. The van der Waals surface area contributed by atoms with Gasteiger partial charge in [-0.2, -0.15) is 16.5 Å². The van der Waals surface area contributed by atoms with Gasteiger partial charge in [-0.15, -0.1) is 0 Å². The zero-order valence-corrected chi connectivity index (χ0v) is 14.5. The molecular formula is C14H20N2O5S2. The number of hydrogen-bond acceptors (Lipinski definition) is 6. The van der Waals surface area contributed by atoms with Crippen LogP contribution < -0.4 is 10.5 Å². The highest BCUT2D eigenvalue weighted by Crippen LogP contribution is 2.11. The predicted molar refractivity (Wildman–Crippen MR) is 88.3 cm³/mol. The number of hydrogen-bond donors (Lipinski definition) is 2. The Bertz CT molecular complexity index is 634. The van der Waals surface area contributed by atoms with Crippen molar-refractivity contribution in [1.29, 1.82) is 0 Å². The van der Waals surface area contributed by atoms with Gasteiger partial charge in [-0.25, -0.2) is 8.42 Å². The molecule has 128 valence electrons. The largest absolute Gasteiger partial charge is 0.451 e. The minimum Gasteiger partial charge on any atom is -0.451 e. The molecule has 0 radical (unpaired) electrons. The molecule has 9 heteroatoms. The molecule has 0 saturated carbocycles. The normalized spacial score (nSPS) is 14.0. The Morgan fingerprint density at radius 3 is 2.43 bits per heavy atom. The third-order valence-corrected chi connectivity index (χ3v) is 5.07. The Hall–Kier alpha value is -1.58. The summed E-state index contributed by atoms with van der Waals surface area (Å²) in [5, 5.41) is 0. The Morgan fingerprint density at radius 1 is 1.30 bits per heavy atom. The maximum Gasteiger partial charge on any atom is 0.324 e. The SMILES string of the molecule is CSCC[C@@H](NS(=O)(=O)c1ccccc1)C(=O)O[C@H](C)C(N)=O. The van der Waals surface area contributed by atoms with Crippen molar-refractivity contribution >= 4 is 33.7 Å². The van der Waals surface area contributed by atoms with Crippen LogP contribution in [0.2, 0.25) is 0 Å². The lowest BCUT2D eigenvalue weighted by Crippen LogP contribution is -2.44. The molecule has 0 spiro atoms. The van der Waals surface area contributed by atoms with Crippen molar-refractivity contribution in [3.63, 3.8) is 0 Å². The first-order valence-corrected chi connectivity index (χ1v) is 9.71. The predicted octanol–water partition coefficient (Wildman–Crippen LogP) is 0.504. The standard InChI is InChI=1S/C14H20N2O5S2/c1-10(13(15)17)21-14(18)12(8-9-22-2)16-23(19,20)11-6-4-3-5-7-11/h3-7,10,12,16H,8-9H2,1-2H3,(H2,15,17)/t10-,12-/m1/s1. The minimum absolute atomic E-state index is 0.0462. The molecule has 2 atom stereocenters. The van der Waals surface area contributed by atoms with E-state index in [0.717, 1.165) is 0 Å². The van der Waals surface area contributed by atoms with Gasteiger partial charge in [0, 0.05) is 0 Å². The first kappa shape index (κ1) is 19.5. The Balaban J connectivity index is 2.89. The fourth-order valence-electron chi connectivity index (χ4n) is 1.63. The molecular weight excluding hydrogens is 340 g/mol. The van der Waals surface area contributed by atoms with Crippen molar-refractivity contribution in [1.82, 2.24) is 4.72 Å². The van der Waals surface area contributed by atoms with Crippen LogP contribution in [0.15, 0.2) is 35.2 Å². The van der Waals surface area contributed by atoms with Crippen molar-refractivity contribution in [3.05, 3.63) is 30.3 Å². The third kappa shape index (κ3) is 6.20. The van der Waals surface area contributed by atoms with Crippen LogP contribution in [0.4, 0.5) is 0 Å². The number of amides is 1. The number of rotatable bonds is 9. The van der Waals surface area contributed by atoms with E-state index in [4.69, 9.17) is 10.5 Å². The van der Waals surface area contributed by atoms with Crippen molar-refractivity contribution < 1.29 is 22.7 Å². The van der Waals surface area contributed by atoms with E-state index in [1.165, 1.54) is 30.8 Å². The lowest BCUT2D eigenvalue weighted by Gasteiger charge is -2.19. The van der Waals surface area contributed by atoms with E-state index in [-0.39, 0.29) is 11.3 Å². The lowest BCUT2D eigenvalue weighted by molar-refractivity contribution is -0.155. The molecule has 0 bridgehead atoms. The smallest absolute Gasteiger partial charge is 0.324 e. The van der Waals surface area contributed by atoms with Gasteiger partial charge in [0.1, 0.15) is 6.04 Å². The molecule has 0 unspecified atom stereocenters. The third-order valence-electron chi connectivity index (χ3n) is 2.94. The average molecular weight is 360 g/mol. The van der Waals surface area contributed by atoms with Crippen molar-refractivity contribution in [3.8, 4) is 0 Å². The molecule has 0 fully saturated rings. The van der Waals surface area contributed by atoms with E-state index in [1.807, 2.05) is 6.26 Å². The number of esters is 1. The fourth-order valence-corrected chi connectivity index (χ4v) is 3.34. The van der Waals surface area contributed by atoms with Crippen molar-refractivity contribution in [2.75, 3.05) is 12.0 Å². The molecule has 0 heterocycles. The number of carbonyl (C=O) groups excluding carboxylic acids is 2. The summed E-state index contributed by atoms with van der Waals surface area (Å²) in [5.74, 6) is -1.08. The number of ether oxygens (including phenoxy) is 1. The fraction of sp³-hybridized carbons (Fsp3) is 0.429. The maximum absolute atomic E-state index is 12.3. The summed E-state index contributed by atoms with van der Waals surface area (Å²) in [6, 6.07) is 6.61. The number of thioether (sulfide) groups is 1. The van der Waals surface area contributed by atoms with Crippen LogP contribution in [0.5, 0.6) is 0 Å². The molecule has 1 aromatic rings. The topological polar surface area (TPSA) is 116 Å². The van der Waals surface area contributed by atoms with E-state index in [0.29, 0.717) is 5.75 Å². The number of nitrogens with one attached hydrogen (secondary N) is 1. The van der Waals surface area contributed by atoms with E-state index >= 15 is 0 Å². The summed E-state index contributed by atoms with van der Waals surface area (Å²) in [7, 11) is -3.87. The number of sulfonamides is 1. The van der Waals surface area contributed by atoms with Crippen molar-refractivity contribution in [2.24, 2.45) is 5.73 Å². The van der Waals surface area contributed by atoms with Crippen LogP contribution in [0.3, 0.4) is 0 Å². The van der Waals surface area contributed by atoms with Gasteiger partial charge in [-0.1, -0.05) is 18.2 Å². The van der Waals surface area contributed by atoms with Crippen LogP contribution in [0, 0.1) is 0 Å². The number of benzene rings is 1. The summed E-state index contributed by atoms with van der Waals surface area (Å²) in [5.41, 5.74) is 5.04. The van der Waals surface area contributed by atoms with Gasteiger partial charge in [0.15, 0.2) is 6.10 Å². The van der Waals surface area contributed by atoms with Gasteiger partial charge in [0.25, 0.3) is 5.91 Å². The molecule has 7 nitrogen and oxygen atoms in total. The highest BCUT2D eigenvalue weighted by Gasteiger charge is 2.28. The van der Waals surface area contributed by atoms with Gasteiger partial charge < -0.3 is 10.5 Å². The van der Waals surface area contributed by atoms with Gasteiger partial charge in [0.05, 0.1) is 4.90 Å². The molecule has 0 aromatic heterocycles.